The monoisotopic (exact) mass is 701 g/mol. The van der Waals surface area contributed by atoms with Crippen molar-refractivity contribution in [3.8, 4) is 11.8 Å². The molecule has 3 unspecified atom stereocenters. The molecule has 2 aromatic heterocycles. The first-order valence-corrected chi connectivity index (χ1v) is 19.1. The number of fused-ring (bicyclic) bond motifs is 1. The van der Waals surface area contributed by atoms with Gasteiger partial charge in [0.25, 0.3) is 23.5 Å². The second-order valence-corrected chi connectivity index (χ2v) is 15.8. The minimum absolute atomic E-state index is 0.0836. The highest BCUT2D eigenvalue weighted by Gasteiger charge is 2.40. The molecule has 1 saturated heterocycles. The molecule has 0 saturated carbocycles. The van der Waals surface area contributed by atoms with Gasteiger partial charge in [-0.25, -0.2) is 23.6 Å². The lowest BCUT2D eigenvalue weighted by molar-refractivity contribution is -0.250. The zero-order valence-electron chi connectivity index (χ0n) is 23.1. The van der Waals surface area contributed by atoms with Crippen molar-refractivity contribution in [2.24, 2.45) is 10.7 Å². The van der Waals surface area contributed by atoms with Gasteiger partial charge in [0.05, 0.1) is 36.5 Å². The molecule has 1 fully saturated rings. The van der Waals surface area contributed by atoms with E-state index in [1.165, 1.54) is 27.9 Å². The van der Waals surface area contributed by atoms with Crippen LogP contribution in [0.3, 0.4) is 0 Å². The summed E-state index contributed by atoms with van der Waals surface area (Å²) in [4.78, 5) is 57.8. The van der Waals surface area contributed by atoms with Gasteiger partial charge in [-0.3, -0.25) is 13.7 Å². The minimum Gasteiger partial charge on any atom is -0.756 e. The van der Waals surface area contributed by atoms with Crippen molar-refractivity contribution >= 4 is 68.2 Å². The van der Waals surface area contributed by atoms with E-state index in [1.54, 1.807) is 43.0 Å². The number of hydrogen-bond donors (Lipinski definition) is 2. The molecule has 2 aromatic rings. The van der Waals surface area contributed by atoms with Gasteiger partial charge in [-0.15, -0.1) is 0 Å². The van der Waals surface area contributed by atoms with Gasteiger partial charge in [-0.05, 0) is 13.2 Å². The summed E-state index contributed by atoms with van der Waals surface area (Å²) < 4.78 is 60.0. The Balaban J connectivity index is 1.92. The van der Waals surface area contributed by atoms with Crippen molar-refractivity contribution in [2.45, 2.75) is 37.2 Å². The van der Waals surface area contributed by atoms with Crippen LogP contribution in [0.5, 0.6) is 0 Å². The topological polar surface area (TPSA) is 259 Å². The molecule has 23 heteroatoms. The zero-order valence-corrected chi connectivity index (χ0v) is 27.4. The van der Waals surface area contributed by atoms with Gasteiger partial charge in [0, 0.05) is 26.7 Å². The van der Waals surface area contributed by atoms with Crippen molar-refractivity contribution in [1.29, 1.82) is 0 Å². The molecule has 3 rings (SSSR count). The van der Waals surface area contributed by atoms with Gasteiger partial charge in [0.1, 0.15) is 29.7 Å². The van der Waals surface area contributed by atoms with Gasteiger partial charge in [-0.1, -0.05) is 33.4 Å². The largest absolute Gasteiger partial charge is 0.756 e. The third-order valence-electron chi connectivity index (χ3n) is 5.21. The highest BCUT2D eigenvalue weighted by atomic mass is 33.1. The van der Waals surface area contributed by atoms with E-state index in [0.717, 1.165) is 0 Å². The SMILES string of the molecule is CSS[C@@H](C)O[C@@H]1C[C@H](n2cc(C#CCN)c3c(/N=C/N(C)C)ncnc32)O[C@@H]1COP(=O)([O-])OP(=O)([O-])OP(=O)([O-])O. The summed E-state index contributed by atoms with van der Waals surface area (Å²) in [6.45, 7) is 1.06. The highest BCUT2D eigenvalue weighted by molar-refractivity contribution is 8.76. The molecule has 0 radical (unpaired) electrons. The standard InChI is InChI=1S/C20H31N6O12P3S2/c1-13(43-42-4)35-15-8-17(36-16(15)10-34-40(30,31)38-41(32,33)37-39(27,28)29)26-9-14(6-5-7-21)18-19(24-12-25(2)3)22-11-23-20(18)26/h9,11-13,15-17H,7-8,10,21H2,1-4H3,(H,30,31)(H,32,33)(H2,27,28,29)/p-3/b24-12+/t13-,15+,16+,17+/m0/s1. The van der Waals surface area contributed by atoms with Gasteiger partial charge in [0.15, 0.2) is 5.82 Å². The molecule has 0 bridgehead atoms. The number of aliphatic imine (C=N–C) groups is 1. The summed E-state index contributed by atoms with van der Waals surface area (Å²) in [5.41, 5.74) is 6.09. The van der Waals surface area contributed by atoms with Crippen molar-refractivity contribution in [3.05, 3.63) is 18.1 Å². The summed E-state index contributed by atoms with van der Waals surface area (Å²) in [6, 6.07) is 0. The fourth-order valence-electron chi connectivity index (χ4n) is 3.82. The van der Waals surface area contributed by atoms with E-state index in [2.05, 4.69) is 39.9 Å². The molecule has 0 aromatic carbocycles. The molecule has 1 aliphatic heterocycles. The molecular weight excluding hydrogens is 673 g/mol. The average molecular weight is 702 g/mol. The number of aromatic nitrogens is 3. The van der Waals surface area contributed by atoms with Crippen molar-refractivity contribution in [1.82, 2.24) is 19.4 Å². The lowest BCUT2D eigenvalue weighted by atomic mass is 10.2. The van der Waals surface area contributed by atoms with Crippen LogP contribution in [0.15, 0.2) is 17.5 Å². The van der Waals surface area contributed by atoms with Crippen LogP contribution in [0.4, 0.5) is 5.82 Å². The fraction of sp³-hybridized carbons (Fsp3) is 0.550. The van der Waals surface area contributed by atoms with Gasteiger partial charge >= 0.3 is 0 Å². The summed E-state index contributed by atoms with van der Waals surface area (Å²) in [7, 11) is -11.3. The second-order valence-electron chi connectivity index (χ2n) is 8.75. The first-order valence-electron chi connectivity index (χ1n) is 12.0. The van der Waals surface area contributed by atoms with Crippen LogP contribution in [-0.4, -0.2) is 81.8 Å². The first kappa shape index (κ1) is 36.1. The van der Waals surface area contributed by atoms with Crippen LogP contribution in [0, 0.1) is 11.8 Å². The molecule has 1 aliphatic rings. The summed E-state index contributed by atoms with van der Waals surface area (Å²) in [5.74, 6) is 6.08. The lowest BCUT2D eigenvalue weighted by Crippen LogP contribution is -2.31. The summed E-state index contributed by atoms with van der Waals surface area (Å²) in [6.07, 6.45) is 3.85. The molecule has 240 valence electrons. The maximum atomic E-state index is 12.2. The molecule has 3 heterocycles. The van der Waals surface area contributed by atoms with Crippen LogP contribution in [0.1, 0.15) is 25.1 Å². The van der Waals surface area contributed by atoms with E-state index >= 15 is 0 Å². The number of rotatable bonds is 14. The van der Waals surface area contributed by atoms with Crippen LogP contribution < -0.4 is 20.4 Å². The third kappa shape index (κ3) is 10.9. The number of nitrogens with two attached hydrogens (primary N) is 1. The third-order valence-corrected chi connectivity index (χ3v) is 10.9. The van der Waals surface area contributed by atoms with Gasteiger partial charge < -0.3 is 48.8 Å². The quantitative estimate of drug-likeness (QED) is 0.0676. The zero-order chi connectivity index (χ0) is 32.0. The van der Waals surface area contributed by atoms with E-state index in [9.17, 15) is 28.4 Å². The van der Waals surface area contributed by atoms with Crippen LogP contribution >= 0.6 is 45.1 Å². The Labute approximate surface area is 254 Å². The van der Waals surface area contributed by atoms with E-state index in [1.807, 2.05) is 6.26 Å². The Morgan fingerprint density at radius 3 is 2.65 bits per heavy atom. The Morgan fingerprint density at radius 2 is 2.02 bits per heavy atom. The molecule has 7 atom stereocenters. The Bertz CT molecular complexity index is 1510. The van der Waals surface area contributed by atoms with Crippen LogP contribution in [0.25, 0.3) is 11.0 Å². The number of nitrogens with zero attached hydrogens (tertiary/aromatic N) is 5. The molecule has 18 nitrogen and oxygen atoms in total. The summed E-state index contributed by atoms with van der Waals surface area (Å²) in [5, 5.41) is 0.511. The van der Waals surface area contributed by atoms with Gasteiger partial charge in [-0.2, -0.15) is 0 Å². The number of ether oxygens (including phenoxy) is 2. The molecule has 3 N–H and O–H groups in total. The Kier molecular flexibility index (Phi) is 12.8. The Hall–Kier alpha value is -1.36. The smallest absolute Gasteiger partial charge is 0.280 e. The van der Waals surface area contributed by atoms with E-state index in [-0.39, 0.29) is 18.4 Å². The predicted molar refractivity (Wildman–Crippen MR) is 152 cm³/mol. The Morgan fingerprint density at radius 1 is 1.30 bits per heavy atom. The lowest BCUT2D eigenvalue weighted by Gasteiger charge is -2.33. The van der Waals surface area contributed by atoms with Crippen LogP contribution in [0.2, 0.25) is 0 Å². The first-order chi connectivity index (χ1) is 20.0. The van der Waals surface area contributed by atoms with E-state index in [0.29, 0.717) is 22.4 Å². The fourth-order valence-corrected chi connectivity index (χ4v) is 8.12. The van der Waals surface area contributed by atoms with Crippen molar-refractivity contribution < 1.29 is 55.9 Å². The normalized spacial score (nSPS) is 23.8. The number of hydrogen-bond acceptors (Lipinski definition) is 17. The maximum Gasteiger partial charge on any atom is 0.280 e. The van der Waals surface area contributed by atoms with E-state index in [4.69, 9.17) is 20.1 Å². The summed E-state index contributed by atoms with van der Waals surface area (Å²) >= 11 is 0. The minimum atomic E-state index is -6.06. The average Bonchev–Trinajstić information content (AvgIpc) is 3.44. The maximum absolute atomic E-state index is 12.2. The van der Waals surface area contributed by atoms with Crippen molar-refractivity contribution in [3.63, 3.8) is 0 Å². The molecule has 43 heavy (non-hydrogen) atoms. The molecular formula is C20H28N6O12P3S2-3. The highest BCUT2D eigenvalue weighted by Crippen LogP contribution is 2.61. The van der Waals surface area contributed by atoms with E-state index < -0.39 is 48.5 Å². The predicted octanol–water partition coefficient (Wildman–Crippen LogP) is 0.440. The van der Waals surface area contributed by atoms with Crippen molar-refractivity contribution in [2.75, 3.05) is 33.5 Å². The molecule has 0 spiro atoms. The van der Waals surface area contributed by atoms with Gasteiger partial charge in [0.2, 0.25) is 0 Å². The second kappa shape index (κ2) is 15.3. The molecule has 0 aliphatic carbocycles. The number of phosphoric ester groups is 1. The molecule has 0 amide bonds. The number of phosphoric acid groups is 3. The van der Waals surface area contributed by atoms with Crippen LogP contribution in [-0.2, 0) is 36.3 Å².